The van der Waals surface area contributed by atoms with Crippen LogP contribution in [-0.2, 0) is 19.6 Å². The van der Waals surface area contributed by atoms with Crippen LogP contribution < -0.4 is 10.0 Å². The van der Waals surface area contributed by atoms with Crippen LogP contribution in [0.25, 0.3) is 0 Å². The first-order chi connectivity index (χ1) is 9.74. The molecule has 0 bridgehead atoms. The van der Waals surface area contributed by atoms with Crippen LogP contribution in [0.5, 0.6) is 0 Å². The first-order valence-corrected chi connectivity index (χ1v) is 7.93. The van der Waals surface area contributed by atoms with Gasteiger partial charge in [0.05, 0.1) is 23.6 Å². The van der Waals surface area contributed by atoms with E-state index in [1.807, 2.05) is 6.92 Å². The molecule has 1 aliphatic heterocycles. The monoisotopic (exact) mass is 316 g/mol. The van der Waals surface area contributed by atoms with Gasteiger partial charge in [0.1, 0.15) is 5.82 Å². The van der Waals surface area contributed by atoms with Crippen LogP contribution in [0, 0.1) is 17.7 Å². The van der Waals surface area contributed by atoms with Crippen molar-refractivity contribution in [3.8, 4) is 0 Å². The van der Waals surface area contributed by atoms with Gasteiger partial charge in [-0.2, -0.15) is 0 Å². The number of sulfonamides is 1. The van der Waals surface area contributed by atoms with Crippen LogP contribution in [-0.4, -0.2) is 34.6 Å². The summed E-state index contributed by atoms with van der Waals surface area (Å²) in [6.07, 6.45) is 0. The van der Waals surface area contributed by atoms with Crippen LogP contribution in [0.4, 0.5) is 10.1 Å². The average Bonchev–Trinajstić information content (AvgIpc) is 2.78. The minimum atomic E-state index is -3.94. The zero-order valence-corrected chi connectivity index (χ0v) is 12.6. The van der Waals surface area contributed by atoms with E-state index in [9.17, 15) is 17.6 Å². The molecule has 2 rings (SSSR count). The third-order valence-electron chi connectivity index (χ3n) is 3.70. The number of rotatable bonds is 3. The van der Waals surface area contributed by atoms with E-state index in [0.29, 0.717) is 13.1 Å². The van der Waals surface area contributed by atoms with Gasteiger partial charge in [-0.1, -0.05) is 6.92 Å². The van der Waals surface area contributed by atoms with Gasteiger partial charge >= 0.3 is 5.97 Å². The summed E-state index contributed by atoms with van der Waals surface area (Å²) in [6.45, 7) is 2.71. The lowest BCUT2D eigenvalue weighted by Gasteiger charge is -2.19. The van der Waals surface area contributed by atoms with E-state index in [2.05, 4.69) is 0 Å². The van der Waals surface area contributed by atoms with E-state index in [-0.39, 0.29) is 28.4 Å². The fraction of sp³-hybridized carbons (Fsp3) is 0.462. The first kappa shape index (κ1) is 15.7. The molecule has 1 saturated heterocycles. The maximum absolute atomic E-state index is 14.1. The number of nitrogens with zero attached hydrogens (tertiary/aromatic N) is 1. The smallest absolute Gasteiger partial charge is 0.310 e. The molecule has 0 saturated carbocycles. The number of ether oxygens (including phenoxy) is 1. The van der Waals surface area contributed by atoms with Gasteiger partial charge in [-0.3, -0.25) is 4.79 Å². The molecule has 2 N–H and O–H groups in total. The molecule has 21 heavy (non-hydrogen) atoms. The van der Waals surface area contributed by atoms with Gasteiger partial charge in [-0.25, -0.2) is 17.9 Å². The summed E-state index contributed by atoms with van der Waals surface area (Å²) in [5, 5.41) is 4.96. The van der Waals surface area contributed by atoms with E-state index in [1.54, 1.807) is 4.90 Å². The summed E-state index contributed by atoms with van der Waals surface area (Å²) in [6, 6.07) is 3.51. The molecule has 8 heteroatoms. The summed E-state index contributed by atoms with van der Waals surface area (Å²) >= 11 is 0. The Hall–Kier alpha value is -1.67. The zero-order valence-electron chi connectivity index (χ0n) is 11.7. The summed E-state index contributed by atoms with van der Waals surface area (Å²) in [7, 11) is -2.62. The van der Waals surface area contributed by atoms with Crippen molar-refractivity contribution >= 4 is 21.7 Å². The highest BCUT2D eigenvalue weighted by Gasteiger charge is 2.36. The van der Waals surface area contributed by atoms with Crippen molar-refractivity contribution in [1.29, 1.82) is 0 Å². The van der Waals surface area contributed by atoms with E-state index in [4.69, 9.17) is 9.88 Å². The second-order valence-electron chi connectivity index (χ2n) is 5.17. The molecule has 116 valence electrons. The highest BCUT2D eigenvalue weighted by molar-refractivity contribution is 7.89. The normalized spacial score (nSPS) is 22.4. The number of nitrogens with two attached hydrogens (primary N) is 1. The fourth-order valence-electron chi connectivity index (χ4n) is 2.54. The summed E-state index contributed by atoms with van der Waals surface area (Å²) in [5.41, 5.74) is 0.251. The minimum absolute atomic E-state index is 0.0229. The largest absolute Gasteiger partial charge is 0.469 e. The number of benzene rings is 1. The molecule has 0 amide bonds. The Labute approximate surface area is 122 Å². The molecular weight excluding hydrogens is 299 g/mol. The molecule has 1 fully saturated rings. The molecule has 1 heterocycles. The minimum Gasteiger partial charge on any atom is -0.469 e. The number of methoxy groups -OCH3 is 1. The number of primary sulfonamides is 1. The molecular formula is C13H17FN2O4S. The van der Waals surface area contributed by atoms with Crippen molar-refractivity contribution in [2.24, 2.45) is 17.0 Å². The zero-order chi connectivity index (χ0) is 15.8. The molecule has 2 atom stereocenters. The van der Waals surface area contributed by atoms with Gasteiger partial charge in [-0.05, 0) is 24.1 Å². The van der Waals surface area contributed by atoms with Crippen molar-refractivity contribution in [2.45, 2.75) is 11.8 Å². The summed E-state index contributed by atoms with van der Waals surface area (Å²) in [5.74, 6) is -1.31. The average molecular weight is 316 g/mol. The standard InChI is InChI=1S/C13H17FN2O4S/c1-8-6-16(7-10(8)13(17)20-2)12-4-3-9(5-11(12)14)21(15,18)19/h3-5,8,10H,6-7H2,1-2H3,(H2,15,18,19). The van der Waals surface area contributed by atoms with Gasteiger partial charge in [-0.15, -0.1) is 0 Å². The van der Waals surface area contributed by atoms with Crippen molar-refractivity contribution in [3.63, 3.8) is 0 Å². The third-order valence-corrected chi connectivity index (χ3v) is 4.62. The molecule has 1 aliphatic rings. The highest BCUT2D eigenvalue weighted by atomic mass is 32.2. The summed E-state index contributed by atoms with van der Waals surface area (Å²) in [4.78, 5) is 13.1. The lowest BCUT2D eigenvalue weighted by atomic mass is 9.99. The highest BCUT2D eigenvalue weighted by Crippen LogP contribution is 2.31. The molecule has 1 aromatic carbocycles. The second kappa shape index (κ2) is 5.61. The van der Waals surface area contributed by atoms with Gasteiger partial charge in [0.2, 0.25) is 10.0 Å². The van der Waals surface area contributed by atoms with E-state index in [0.717, 1.165) is 6.07 Å². The van der Waals surface area contributed by atoms with Gasteiger partial charge in [0, 0.05) is 13.1 Å². The van der Waals surface area contributed by atoms with Crippen LogP contribution >= 0.6 is 0 Å². The van der Waals surface area contributed by atoms with Crippen molar-refractivity contribution in [3.05, 3.63) is 24.0 Å². The van der Waals surface area contributed by atoms with Gasteiger partial charge in [0.15, 0.2) is 0 Å². The molecule has 0 spiro atoms. The van der Waals surface area contributed by atoms with Gasteiger partial charge in [0.25, 0.3) is 0 Å². The Balaban J connectivity index is 2.26. The Morgan fingerprint density at radius 3 is 2.62 bits per heavy atom. The maximum Gasteiger partial charge on any atom is 0.310 e. The summed E-state index contributed by atoms with van der Waals surface area (Å²) < 4.78 is 41.2. The number of esters is 1. The third kappa shape index (κ3) is 3.16. The molecule has 0 radical (unpaired) electrons. The number of hydrogen-bond acceptors (Lipinski definition) is 5. The van der Waals surface area contributed by atoms with Crippen LogP contribution in [0.3, 0.4) is 0 Å². The maximum atomic E-state index is 14.1. The molecule has 1 aromatic rings. The Bertz CT molecular complexity index is 662. The molecule has 6 nitrogen and oxygen atoms in total. The molecule has 0 aliphatic carbocycles. The van der Waals surface area contributed by atoms with Crippen LogP contribution in [0.1, 0.15) is 6.92 Å². The predicted octanol–water partition coefficient (Wildman–Crippen LogP) is 0.718. The Kier molecular flexibility index (Phi) is 4.20. The van der Waals surface area contributed by atoms with E-state index < -0.39 is 15.8 Å². The number of anilines is 1. The van der Waals surface area contributed by atoms with Crippen molar-refractivity contribution < 1.29 is 22.3 Å². The van der Waals surface area contributed by atoms with Crippen molar-refractivity contribution in [1.82, 2.24) is 0 Å². The second-order valence-corrected chi connectivity index (χ2v) is 6.73. The fourth-order valence-corrected chi connectivity index (χ4v) is 3.07. The van der Waals surface area contributed by atoms with Crippen molar-refractivity contribution in [2.75, 3.05) is 25.1 Å². The van der Waals surface area contributed by atoms with E-state index in [1.165, 1.54) is 19.2 Å². The quantitative estimate of drug-likeness (QED) is 0.830. The van der Waals surface area contributed by atoms with Gasteiger partial charge < -0.3 is 9.64 Å². The number of carbonyl (C=O) groups is 1. The SMILES string of the molecule is COC(=O)C1CN(c2ccc(S(N)(=O)=O)cc2F)CC1C. The van der Waals surface area contributed by atoms with E-state index >= 15 is 0 Å². The lowest BCUT2D eigenvalue weighted by molar-refractivity contribution is -0.145. The molecule has 0 aromatic heterocycles. The predicted molar refractivity (Wildman–Crippen MR) is 74.7 cm³/mol. The Morgan fingerprint density at radius 2 is 2.10 bits per heavy atom. The van der Waals surface area contributed by atoms with Crippen LogP contribution in [0.2, 0.25) is 0 Å². The lowest BCUT2D eigenvalue weighted by Crippen LogP contribution is -2.25. The molecule has 2 unspecified atom stereocenters. The first-order valence-electron chi connectivity index (χ1n) is 6.39. The number of halogens is 1. The number of carbonyl (C=O) groups excluding carboxylic acids is 1. The topological polar surface area (TPSA) is 89.7 Å². The number of hydrogen-bond donors (Lipinski definition) is 1. The Morgan fingerprint density at radius 1 is 1.43 bits per heavy atom. The van der Waals surface area contributed by atoms with Crippen LogP contribution in [0.15, 0.2) is 23.1 Å².